The highest BCUT2D eigenvalue weighted by Crippen LogP contribution is 2.30. The number of aromatic nitrogens is 1. The van der Waals surface area contributed by atoms with Gasteiger partial charge >= 0.3 is 0 Å². The van der Waals surface area contributed by atoms with Crippen LogP contribution in [0.2, 0.25) is 0 Å². The summed E-state index contributed by atoms with van der Waals surface area (Å²) in [5, 5.41) is 7.21. The number of carbonyl (C=O) groups excluding carboxylic acids is 1. The molecule has 29 heavy (non-hydrogen) atoms. The average molecular weight is 384 g/mol. The van der Waals surface area contributed by atoms with E-state index in [9.17, 15) is 4.79 Å². The summed E-state index contributed by atoms with van der Waals surface area (Å²) in [6.07, 6.45) is 1.58. The highest BCUT2D eigenvalue weighted by molar-refractivity contribution is 6.04. The maximum absolute atomic E-state index is 13.5. The Morgan fingerprint density at radius 1 is 0.966 bits per heavy atom. The molecule has 0 aliphatic carbocycles. The number of anilines is 1. The van der Waals surface area contributed by atoms with Gasteiger partial charge in [0.1, 0.15) is 11.8 Å². The molecule has 0 aliphatic heterocycles. The number of nitrogens with one attached hydrogen (secondary N) is 1. The molecule has 5 heteroatoms. The van der Waals surface area contributed by atoms with Crippen LogP contribution in [0.1, 0.15) is 22.2 Å². The zero-order valence-corrected chi connectivity index (χ0v) is 15.9. The summed E-state index contributed by atoms with van der Waals surface area (Å²) >= 11 is 0. The minimum absolute atomic E-state index is 0.199. The molecule has 1 atom stereocenters. The first kappa shape index (κ1) is 18.5. The van der Waals surface area contributed by atoms with Gasteiger partial charge < -0.3 is 14.6 Å². The van der Waals surface area contributed by atoms with Crippen LogP contribution < -0.4 is 10.1 Å². The third-order valence-electron chi connectivity index (χ3n) is 4.65. The van der Waals surface area contributed by atoms with Gasteiger partial charge in [0.2, 0.25) is 11.5 Å². The molecule has 0 radical (unpaired) electrons. The third kappa shape index (κ3) is 4.04. The van der Waals surface area contributed by atoms with E-state index in [2.05, 4.69) is 10.5 Å². The van der Waals surface area contributed by atoms with Crippen molar-refractivity contribution in [3.8, 4) is 16.9 Å². The zero-order chi connectivity index (χ0) is 20.1. The molecule has 4 rings (SSSR count). The second-order valence-corrected chi connectivity index (χ2v) is 6.52. The third-order valence-corrected chi connectivity index (χ3v) is 4.65. The van der Waals surface area contributed by atoms with E-state index in [0.29, 0.717) is 11.3 Å². The number of ether oxygens (including phenoxy) is 1. The van der Waals surface area contributed by atoms with Crippen molar-refractivity contribution in [1.82, 2.24) is 5.16 Å². The normalized spacial score (nSPS) is 11.6. The number of nitrogens with zero attached hydrogens (tertiary/aromatic N) is 1. The van der Waals surface area contributed by atoms with Crippen LogP contribution in [0, 0.1) is 0 Å². The lowest BCUT2D eigenvalue weighted by molar-refractivity contribution is 0.0934. The molecule has 0 aliphatic rings. The first-order valence-electron chi connectivity index (χ1n) is 9.26. The van der Waals surface area contributed by atoms with Crippen LogP contribution in [0.4, 0.5) is 5.69 Å². The van der Waals surface area contributed by atoms with Gasteiger partial charge in [0.25, 0.3) is 0 Å². The Balaban J connectivity index is 1.72. The van der Waals surface area contributed by atoms with Gasteiger partial charge in [-0.15, -0.1) is 0 Å². The van der Waals surface area contributed by atoms with Crippen molar-refractivity contribution < 1.29 is 14.1 Å². The smallest absolute Gasteiger partial charge is 0.228 e. The van der Waals surface area contributed by atoms with Crippen LogP contribution in [-0.2, 0) is 0 Å². The van der Waals surface area contributed by atoms with E-state index in [0.717, 1.165) is 16.8 Å². The van der Waals surface area contributed by atoms with Gasteiger partial charge in [-0.1, -0.05) is 71.9 Å². The highest BCUT2D eigenvalue weighted by atomic mass is 16.5. The topological polar surface area (TPSA) is 64.4 Å². The summed E-state index contributed by atoms with van der Waals surface area (Å²) in [5.74, 6) is 0.731. The minimum Gasteiger partial charge on any atom is -0.497 e. The van der Waals surface area contributed by atoms with E-state index in [4.69, 9.17) is 9.26 Å². The molecule has 1 aromatic heterocycles. The quantitative estimate of drug-likeness (QED) is 0.433. The molecule has 0 bridgehead atoms. The van der Waals surface area contributed by atoms with Crippen molar-refractivity contribution in [2.45, 2.75) is 6.04 Å². The number of Topliss-reactive ketones (excluding diaryl/α,β-unsaturated/α-hetero) is 1. The summed E-state index contributed by atoms with van der Waals surface area (Å²) in [5.41, 5.74) is 3.15. The van der Waals surface area contributed by atoms with E-state index >= 15 is 0 Å². The predicted molar refractivity (Wildman–Crippen MR) is 112 cm³/mol. The largest absolute Gasteiger partial charge is 0.497 e. The number of benzene rings is 3. The molecule has 0 saturated carbocycles. The Labute approximate surface area is 168 Å². The average Bonchev–Trinajstić information content (AvgIpc) is 3.28. The van der Waals surface area contributed by atoms with Gasteiger partial charge in [-0.05, 0) is 23.3 Å². The fourth-order valence-electron chi connectivity index (χ4n) is 3.20. The van der Waals surface area contributed by atoms with Gasteiger partial charge in [0, 0.05) is 11.8 Å². The lowest BCUT2D eigenvalue weighted by Crippen LogP contribution is -2.21. The molecule has 1 unspecified atom stereocenters. The summed E-state index contributed by atoms with van der Waals surface area (Å²) in [6, 6.07) is 26.0. The van der Waals surface area contributed by atoms with E-state index in [1.54, 1.807) is 13.3 Å². The maximum Gasteiger partial charge on any atom is 0.228 e. The van der Waals surface area contributed by atoms with E-state index in [1.165, 1.54) is 0 Å². The number of methoxy groups -OCH3 is 1. The Morgan fingerprint density at radius 2 is 1.69 bits per heavy atom. The molecular formula is C24H20N2O3. The Kier molecular flexibility index (Phi) is 5.38. The van der Waals surface area contributed by atoms with Gasteiger partial charge in [0.05, 0.1) is 18.9 Å². The SMILES string of the molecule is COc1cccc(NC(C(=O)c2oncc2-c2ccccc2)c2ccccc2)c1. The summed E-state index contributed by atoms with van der Waals surface area (Å²) in [6.45, 7) is 0. The van der Waals surface area contributed by atoms with E-state index < -0.39 is 6.04 Å². The van der Waals surface area contributed by atoms with E-state index in [1.807, 2.05) is 84.9 Å². The van der Waals surface area contributed by atoms with Crippen LogP contribution in [-0.4, -0.2) is 18.0 Å². The van der Waals surface area contributed by atoms with Gasteiger partial charge in [-0.2, -0.15) is 0 Å². The molecule has 0 amide bonds. The van der Waals surface area contributed by atoms with Crippen molar-refractivity contribution in [2.75, 3.05) is 12.4 Å². The molecule has 1 heterocycles. The molecule has 3 aromatic carbocycles. The molecule has 1 N–H and O–H groups in total. The molecule has 0 saturated heterocycles. The minimum atomic E-state index is -0.640. The fourth-order valence-corrected chi connectivity index (χ4v) is 3.20. The summed E-state index contributed by atoms with van der Waals surface area (Å²) < 4.78 is 10.7. The number of hydrogen-bond donors (Lipinski definition) is 1. The summed E-state index contributed by atoms with van der Waals surface area (Å²) in [4.78, 5) is 13.5. The number of rotatable bonds is 7. The molecular weight excluding hydrogens is 364 g/mol. The van der Waals surface area contributed by atoms with Crippen molar-refractivity contribution in [3.05, 3.63) is 102 Å². The first-order valence-corrected chi connectivity index (χ1v) is 9.26. The van der Waals surface area contributed by atoms with Crippen molar-refractivity contribution in [3.63, 3.8) is 0 Å². The van der Waals surface area contributed by atoms with Crippen LogP contribution in [0.25, 0.3) is 11.1 Å². The molecule has 144 valence electrons. The number of ketones is 1. The predicted octanol–water partition coefficient (Wildman–Crippen LogP) is 5.39. The van der Waals surface area contributed by atoms with Crippen LogP contribution in [0.5, 0.6) is 5.75 Å². The van der Waals surface area contributed by atoms with Gasteiger partial charge in [-0.3, -0.25) is 4.79 Å². The second-order valence-electron chi connectivity index (χ2n) is 6.52. The van der Waals surface area contributed by atoms with Crippen molar-refractivity contribution >= 4 is 11.5 Å². The first-order chi connectivity index (χ1) is 14.3. The Hall–Kier alpha value is -3.86. The van der Waals surface area contributed by atoms with Gasteiger partial charge in [0.15, 0.2) is 0 Å². The van der Waals surface area contributed by atoms with Gasteiger partial charge in [-0.25, -0.2) is 0 Å². The van der Waals surface area contributed by atoms with Crippen LogP contribution >= 0.6 is 0 Å². The zero-order valence-electron chi connectivity index (χ0n) is 15.9. The number of carbonyl (C=O) groups is 1. The molecule has 4 aromatic rings. The number of hydrogen-bond acceptors (Lipinski definition) is 5. The molecule has 5 nitrogen and oxygen atoms in total. The van der Waals surface area contributed by atoms with E-state index in [-0.39, 0.29) is 11.5 Å². The fraction of sp³-hybridized carbons (Fsp3) is 0.0833. The Morgan fingerprint density at radius 3 is 2.41 bits per heavy atom. The second kappa shape index (κ2) is 8.44. The Bertz CT molecular complexity index is 1090. The maximum atomic E-state index is 13.5. The lowest BCUT2D eigenvalue weighted by Gasteiger charge is -2.19. The van der Waals surface area contributed by atoms with Crippen molar-refractivity contribution in [1.29, 1.82) is 0 Å². The van der Waals surface area contributed by atoms with Crippen molar-refractivity contribution in [2.24, 2.45) is 0 Å². The summed E-state index contributed by atoms with van der Waals surface area (Å²) in [7, 11) is 1.61. The lowest BCUT2D eigenvalue weighted by atomic mass is 9.97. The molecule has 0 spiro atoms. The van der Waals surface area contributed by atoms with Crippen LogP contribution in [0.3, 0.4) is 0 Å². The monoisotopic (exact) mass is 384 g/mol. The van der Waals surface area contributed by atoms with Crippen LogP contribution in [0.15, 0.2) is 95.6 Å². The highest BCUT2D eigenvalue weighted by Gasteiger charge is 2.28. The standard InChI is InChI=1S/C24H20N2O3/c1-28-20-14-8-13-19(15-20)26-22(18-11-6-3-7-12-18)23(27)24-21(16-25-29-24)17-9-4-2-5-10-17/h2-16,22,26H,1H3. The molecule has 0 fully saturated rings.